The average molecular weight is 418 g/mol. The van der Waals surface area contributed by atoms with Crippen molar-refractivity contribution in [2.75, 3.05) is 28.6 Å². The number of rotatable bonds is 4. The summed E-state index contributed by atoms with van der Waals surface area (Å²) < 4.78 is 0. The summed E-state index contributed by atoms with van der Waals surface area (Å²) in [6.45, 7) is 14.9. The number of hydrogen-bond acceptors (Lipinski definition) is 4. The first kappa shape index (κ1) is 21.5. The van der Waals surface area contributed by atoms with Crippen LogP contribution in [0.5, 0.6) is 0 Å². The van der Waals surface area contributed by atoms with Crippen LogP contribution in [0.3, 0.4) is 0 Å². The smallest absolute Gasteiger partial charge is 0.145 e. The van der Waals surface area contributed by atoms with Crippen LogP contribution < -0.4 is 15.5 Å². The van der Waals surface area contributed by atoms with Crippen molar-refractivity contribution in [1.82, 2.24) is 0 Å². The Kier molecular flexibility index (Phi) is 5.59. The maximum absolute atomic E-state index is 13.4. The van der Waals surface area contributed by atoms with Crippen molar-refractivity contribution in [1.29, 1.82) is 0 Å². The van der Waals surface area contributed by atoms with Gasteiger partial charge in [-0.05, 0) is 74.1 Å². The second kappa shape index (κ2) is 8.07. The highest BCUT2D eigenvalue weighted by atomic mass is 16.1. The van der Waals surface area contributed by atoms with Gasteiger partial charge in [0.2, 0.25) is 0 Å². The van der Waals surface area contributed by atoms with Gasteiger partial charge in [0.1, 0.15) is 5.78 Å². The fourth-order valence-corrected chi connectivity index (χ4v) is 4.98. The molecule has 0 amide bonds. The number of Topliss-reactive ketones (excluding diaryl/α,β-unsaturated/α-hetero) is 1. The largest absolute Gasteiger partial charge is 0.375 e. The monoisotopic (exact) mass is 417 g/mol. The van der Waals surface area contributed by atoms with Crippen molar-refractivity contribution in [3.63, 3.8) is 0 Å². The zero-order valence-electron chi connectivity index (χ0n) is 19.7. The number of benzene rings is 2. The zero-order chi connectivity index (χ0) is 22.3. The Balaban J connectivity index is 1.81. The van der Waals surface area contributed by atoms with Crippen LogP contribution in [0.15, 0.2) is 48.2 Å². The number of carbonyl (C=O) groups excluding carboxylic acids is 1. The van der Waals surface area contributed by atoms with Gasteiger partial charge in [0, 0.05) is 30.9 Å². The van der Waals surface area contributed by atoms with Crippen LogP contribution in [0.1, 0.15) is 56.8 Å². The van der Waals surface area contributed by atoms with Crippen LogP contribution >= 0.6 is 0 Å². The molecule has 2 aromatic carbocycles. The second-order valence-corrected chi connectivity index (χ2v) is 9.70. The van der Waals surface area contributed by atoms with Crippen LogP contribution in [0, 0.1) is 25.2 Å². The third-order valence-corrected chi connectivity index (χ3v) is 6.80. The highest BCUT2D eigenvalue weighted by Crippen LogP contribution is 2.46. The number of allylic oxidation sites excluding steroid dienone is 1. The maximum atomic E-state index is 13.4. The summed E-state index contributed by atoms with van der Waals surface area (Å²) in [6, 6.07) is 13.0. The summed E-state index contributed by atoms with van der Waals surface area (Å²) in [4.78, 5) is 15.7. The van der Waals surface area contributed by atoms with E-state index in [1.807, 2.05) is 0 Å². The fraction of sp³-hybridized carbons (Fsp3) is 0.444. The molecule has 0 radical (unpaired) electrons. The Morgan fingerprint density at radius 2 is 1.61 bits per heavy atom. The lowest BCUT2D eigenvalue weighted by Gasteiger charge is -2.35. The molecule has 0 aromatic heterocycles. The van der Waals surface area contributed by atoms with Crippen LogP contribution in [0.4, 0.5) is 17.1 Å². The summed E-state index contributed by atoms with van der Waals surface area (Å²) in [5.41, 5.74) is 7.84. The van der Waals surface area contributed by atoms with E-state index >= 15 is 0 Å². The SMILES string of the molecule is CCN(CC)c1ccc([C@H]2Nc3cc(C)c(C)cc3NC3=CC(C)(C)CC(=O)[C@H]32)cc1. The Morgan fingerprint density at radius 3 is 2.23 bits per heavy atom. The number of hydrogen-bond donors (Lipinski definition) is 2. The van der Waals surface area contributed by atoms with E-state index in [1.54, 1.807) is 0 Å². The molecule has 4 heteroatoms. The summed E-state index contributed by atoms with van der Waals surface area (Å²) in [5.74, 6) is 0.0712. The van der Waals surface area contributed by atoms with Crippen molar-refractivity contribution in [2.45, 2.75) is 54.0 Å². The standard InChI is InChI=1S/C27H35N3O/c1-7-30(8-2)20-11-9-19(10-12-20)26-25-23(15-27(5,6)16-24(25)31)28-21-13-17(3)18(4)14-22(21)29-26/h9-15,25-26,28-29H,7-8,16H2,1-6H3/t25-,26+/m0/s1. The molecule has 2 aromatic rings. The maximum Gasteiger partial charge on any atom is 0.145 e. The van der Waals surface area contributed by atoms with Gasteiger partial charge >= 0.3 is 0 Å². The van der Waals surface area contributed by atoms with Crippen molar-refractivity contribution < 1.29 is 4.79 Å². The molecule has 4 nitrogen and oxygen atoms in total. The lowest BCUT2D eigenvalue weighted by Crippen LogP contribution is -2.36. The minimum atomic E-state index is -0.222. The molecule has 2 N–H and O–H groups in total. The third-order valence-electron chi connectivity index (χ3n) is 6.80. The van der Waals surface area contributed by atoms with E-state index in [2.05, 4.69) is 99.6 Å². The number of carbonyl (C=O) groups is 1. The predicted molar refractivity (Wildman–Crippen MR) is 131 cm³/mol. The van der Waals surface area contributed by atoms with Gasteiger partial charge in [0.25, 0.3) is 0 Å². The molecular weight excluding hydrogens is 382 g/mol. The van der Waals surface area contributed by atoms with Crippen molar-refractivity contribution in [3.05, 3.63) is 64.9 Å². The summed E-state index contributed by atoms with van der Waals surface area (Å²) in [5, 5.41) is 7.37. The molecule has 0 spiro atoms. The molecule has 31 heavy (non-hydrogen) atoms. The van der Waals surface area contributed by atoms with Crippen LogP contribution in [0.25, 0.3) is 0 Å². The van der Waals surface area contributed by atoms with Gasteiger partial charge in [-0.3, -0.25) is 4.79 Å². The number of nitrogens with zero attached hydrogens (tertiary/aromatic N) is 1. The molecule has 0 bridgehead atoms. The molecule has 0 unspecified atom stereocenters. The molecule has 4 rings (SSSR count). The van der Waals surface area contributed by atoms with Gasteiger partial charge < -0.3 is 15.5 Å². The van der Waals surface area contributed by atoms with Crippen LogP contribution in [-0.2, 0) is 4.79 Å². The van der Waals surface area contributed by atoms with E-state index in [-0.39, 0.29) is 17.4 Å². The number of nitrogens with one attached hydrogen (secondary N) is 2. The van der Waals surface area contributed by atoms with Gasteiger partial charge in [-0.1, -0.05) is 32.1 Å². The van der Waals surface area contributed by atoms with Crippen molar-refractivity contribution >= 4 is 22.8 Å². The summed E-state index contributed by atoms with van der Waals surface area (Å²) >= 11 is 0. The van der Waals surface area contributed by atoms with E-state index in [0.717, 1.165) is 35.7 Å². The Morgan fingerprint density at radius 1 is 1.00 bits per heavy atom. The van der Waals surface area contributed by atoms with Gasteiger partial charge in [-0.25, -0.2) is 0 Å². The topological polar surface area (TPSA) is 44.4 Å². The lowest BCUT2D eigenvalue weighted by molar-refractivity contribution is -0.124. The van der Waals surface area contributed by atoms with Crippen molar-refractivity contribution in [2.24, 2.45) is 11.3 Å². The molecule has 0 saturated heterocycles. The van der Waals surface area contributed by atoms with Crippen LogP contribution in [-0.4, -0.2) is 18.9 Å². The summed E-state index contributed by atoms with van der Waals surface area (Å²) in [6.07, 6.45) is 2.83. The number of ketones is 1. The molecule has 1 aliphatic heterocycles. The van der Waals surface area contributed by atoms with Gasteiger partial charge in [0.15, 0.2) is 0 Å². The normalized spacial score (nSPS) is 21.7. The lowest BCUT2D eigenvalue weighted by atomic mass is 9.72. The predicted octanol–water partition coefficient (Wildman–Crippen LogP) is 6.23. The average Bonchev–Trinajstić information content (AvgIpc) is 2.85. The first-order valence-electron chi connectivity index (χ1n) is 11.5. The molecule has 0 fully saturated rings. The molecule has 2 atom stereocenters. The van der Waals surface area contributed by atoms with E-state index in [9.17, 15) is 4.79 Å². The number of anilines is 3. The molecule has 1 aliphatic carbocycles. The minimum absolute atomic E-state index is 0.101. The molecule has 2 aliphatic rings. The zero-order valence-corrected chi connectivity index (χ0v) is 19.7. The minimum Gasteiger partial charge on any atom is -0.375 e. The quantitative estimate of drug-likeness (QED) is 0.619. The fourth-order valence-electron chi connectivity index (χ4n) is 4.98. The number of aryl methyl sites for hydroxylation is 2. The number of fused-ring (bicyclic) bond motifs is 2. The Bertz CT molecular complexity index is 1020. The highest BCUT2D eigenvalue weighted by Gasteiger charge is 2.41. The third kappa shape index (κ3) is 4.08. The Labute approximate surface area is 186 Å². The van der Waals surface area contributed by atoms with Crippen LogP contribution in [0.2, 0.25) is 0 Å². The summed E-state index contributed by atoms with van der Waals surface area (Å²) in [7, 11) is 0. The second-order valence-electron chi connectivity index (χ2n) is 9.70. The first-order chi connectivity index (χ1) is 14.7. The molecule has 0 saturated carbocycles. The van der Waals surface area contributed by atoms with E-state index < -0.39 is 0 Å². The molecular formula is C27H35N3O. The van der Waals surface area contributed by atoms with Gasteiger partial charge in [-0.2, -0.15) is 0 Å². The first-order valence-corrected chi connectivity index (χ1v) is 11.5. The van der Waals surface area contributed by atoms with E-state index in [1.165, 1.54) is 16.8 Å². The van der Waals surface area contributed by atoms with Crippen molar-refractivity contribution in [3.8, 4) is 0 Å². The van der Waals surface area contributed by atoms with E-state index in [0.29, 0.717) is 12.2 Å². The molecule has 1 heterocycles. The van der Waals surface area contributed by atoms with Gasteiger partial charge in [0.05, 0.1) is 23.3 Å². The van der Waals surface area contributed by atoms with E-state index in [4.69, 9.17) is 0 Å². The molecule has 164 valence electrons. The van der Waals surface area contributed by atoms with Gasteiger partial charge in [-0.15, -0.1) is 0 Å². The highest BCUT2D eigenvalue weighted by molar-refractivity contribution is 5.90. The Hall–Kier alpha value is -2.75.